The molecule has 0 aliphatic carbocycles. The molecule has 4 atom stereocenters. The summed E-state index contributed by atoms with van der Waals surface area (Å²) in [5.41, 5.74) is 0.490. The van der Waals surface area contributed by atoms with Crippen LogP contribution >= 0.6 is 22.6 Å². The summed E-state index contributed by atoms with van der Waals surface area (Å²) in [6, 6.07) is 7.14. The second-order valence-corrected chi connectivity index (χ2v) is 6.87. The summed E-state index contributed by atoms with van der Waals surface area (Å²) in [6.07, 6.45) is -2.74. The zero-order valence-corrected chi connectivity index (χ0v) is 14.3. The number of carbonyl (C=O) groups excluding carboxylic acids is 1. The molecule has 6 nitrogen and oxygen atoms in total. The third kappa shape index (κ3) is 3.13. The molecule has 2 heterocycles. The number of aliphatic hydroxyl groups excluding tert-OH is 1. The number of esters is 1. The number of hydrogen-bond acceptors (Lipinski definition) is 6. The van der Waals surface area contributed by atoms with Crippen LogP contribution in [-0.4, -0.2) is 48.1 Å². The van der Waals surface area contributed by atoms with Crippen molar-refractivity contribution in [1.29, 1.82) is 0 Å². The van der Waals surface area contributed by atoms with E-state index in [4.69, 9.17) is 18.9 Å². The molecule has 22 heavy (non-hydrogen) atoms. The van der Waals surface area contributed by atoms with Crippen LogP contribution < -0.4 is 0 Å². The summed E-state index contributed by atoms with van der Waals surface area (Å²) < 4.78 is 22.7. The highest BCUT2D eigenvalue weighted by Gasteiger charge is 2.54. The summed E-state index contributed by atoms with van der Waals surface area (Å²) in [6.45, 7) is 3.46. The molecule has 0 saturated carbocycles. The van der Waals surface area contributed by atoms with Crippen molar-refractivity contribution >= 4 is 28.6 Å². The highest BCUT2D eigenvalue weighted by atomic mass is 127. The lowest BCUT2D eigenvalue weighted by Crippen LogP contribution is -2.37. The third-order valence-electron chi connectivity index (χ3n) is 3.59. The van der Waals surface area contributed by atoms with Gasteiger partial charge < -0.3 is 24.1 Å². The van der Waals surface area contributed by atoms with Gasteiger partial charge in [0.1, 0.15) is 24.9 Å². The number of fused-ring (bicyclic) bond motifs is 1. The molecule has 7 heteroatoms. The summed E-state index contributed by atoms with van der Waals surface area (Å²) in [5.74, 6) is -1.22. The van der Waals surface area contributed by atoms with Crippen LogP contribution in [0.3, 0.4) is 0 Å². The van der Waals surface area contributed by atoms with Crippen LogP contribution in [-0.2, 0) is 18.9 Å². The van der Waals surface area contributed by atoms with Crippen molar-refractivity contribution < 1.29 is 28.8 Å². The minimum atomic E-state index is -0.894. The van der Waals surface area contributed by atoms with Crippen LogP contribution in [0.4, 0.5) is 0 Å². The van der Waals surface area contributed by atoms with Crippen molar-refractivity contribution in [2.24, 2.45) is 0 Å². The fourth-order valence-corrected chi connectivity index (χ4v) is 3.17. The Labute approximate surface area is 141 Å². The SMILES string of the molecule is CC1(C)O[C@H]2O[C@@H](COC(=O)c3ccccc3I)C(O)[C@H]2O1. The Hall–Kier alpha value is -0.740. The molecule has 2 fully saturated rings. The molecule has 1 unspecified atom stereocenters. The molecule has 120 valence electrons. The number of aliphatic hydroxyl groups is 1. The smallest absolute Gasteiger partial charge is 0.339 e. The Morgan fingerprint density at radius 2 is 2.09 bits per heavy atom. The van der Waals surface area contributed by atoms with Gasteiger partial charge in [0.25, 0.3) is 0 Å². The minimum absolute atomic E-state index is 0.0505. The van der Waals surface area contributed by atoms with Gasteiger partial charge in [0.05, 0.1) is 5.56 Å². The Kier molecular flexibility index (Phi) is 4.43. The van der Waals surface area contributed by atoms with Gasteiger partial charge in [-0.05, 0) is 48.6 Å². The van der Waals surface area contributed by atoms with E-state index in [1.54, 1.807) is 26.0 Å². The maximum Gasteiger partial charge on any atom is 0.339 e. The lowest BCUT2D eigenvalue weighted by atomic mass is 10.1. The normalized spacial score (nSPS) is 32.7. The second-order valence-electron chi connectivity index (χ2n) is 5.71. The molecule has 2 aliphatic rings. The Morgan fingerprint density at radius 3 is 2.77 bits per heavy atom. The highest BCUT2D eigenvalue weighted by Crippen LogP contribution is 2.37. The molecule has 2 saturated heterocycles. The van der Waals surface area contributed by atoms with Crippen molar-refractivity contribution in [3.05, 3.63) is 33.4 Å². The van der Waals surface area contributed by atoms with Crippen LogP contribution in [0.1, 0.15) is 24.2 Å². The molecule has 0 radical (unpaired) electrons. The van der Waals surface area contributed by atoms with Crippen LogP contribution in [0.25, 0.3) is 0 Å². The summed E-state index contributed by atoms with van der Waals surface area (Å²) in [4.78, 5) is 12.1. The molecular formula is C15H17IO6. The molecule has 3 rings (SSSR count). The third-order valence-corrected chi connectivity index (χ3v) is 4.53. The van der Waals surface area contributed by atoms with Crippen LogP contribution in [0.2, 0.25) is 0 Å². The fraction of sp³-hybridized carbons (Fsp3) is 0.533. The Morgan fingerprint density at radius 1 is 1.36 bits per heavy atom. The van der Waals surface area contributed by atoms with Crippen molar-refractivity contribution in [3.8, 4) is 0 Å². The zero-order valence-electron chi connectivity index (χ0n) is 12.2. The molecule has 0 bridgehead atoms. The quantitative estimate of drug-likeness (QED) is 0.593. The van der Waals surface area contributed by atoms with E-state index in [0.29, 0.717) is 5.56 Å². The summed E-state index contributed by atoms with van der Waals surface area (Å²) >= 11 is 2.07. The van der Waals surface area contributed by atoms with E-state index in [0.717, 1.165) is 3.57 Å². The molecule has 0 aromatic heterocycles. The number of hydrogen-bond donors (Lipinski definition) is 1. The van der Waals surface area contributed by atoms with E-state index >= 15 is 0 Å². The van der Waals surface area contributed by atoms with Gasteiger partial charge in [-0.3, -0.25) is 0 Å². The Bertz CT molecular complexity index is 575. The molecular weight excluding hydrogens is 403 g/mol. The summed E-state index contributed by atoms with van der Waals surface area (Å²) in [5, 5.41) is 10.2. The predicted molar refractivity (Wildman–Crippen MR) is 84.1 cm³/mol. The van der Waals surface area contributed by atoms with E-state index in [1.807, 2.05) is 12.1 Å². The first-order valence-electron chi connectivity index (χ1n) is 6.98. The Balaban J connectivity index is 1.58. The minimum Gasteiger partial charge on any atom is -0.459 e. The number of benzene rings is 1. The zero-order chi connectivity index (χ0) is 15.9. The van der Waals surface area contributed by atoms with E-state index < -0.39 is 36.4 Å². The molecule has 0 amide bonds. The van der Waals surface area contributed by atoms with Gasteiger partial charge in [-0.1, -0.05) is 12.1 Å². The average Bonchev–Trinajstić information content (AvgIpc) is 2.90. The van der Waals surface area contributed by atoms with Gasteiger partial charge >= 0.3 is 5.97 Å². The first-order valence-corrected chi connectivity index (χ1v) is 8.06. The monoisotopic (exact) mass is 420 g/mol. The number of halogens is 1. The van der Waals surface area contributed by atoms with Crippen LogP contribution in [0.5, 0.6) is 0 Å². The standard InChI is InChI=1S/C15H17IO6/c1-15(2)21-12-11(17)10(20-14(12)22-15)7-19-13(18)8-5-3-4-6-9(8)16/h3-6,10-12,14,17H,7H2,1-2H3/t10-,11?,12+,14+/m0/s1. The molecule has 0 spiro atoms. The van der Waals surface area contributed by atoms with Gasteiger partial charge in [-0.15, -0.1) is 0 Å². The highest BCUT2D eigenvalue weighted by molar-refractivity contribution is 14.1. The molecule has 2 aliphatic heterocycles. The maximum absolute atomic E-state index is 12.1. The van der Waals surface area contributed by atoms with Gasteiger partial charge in [0.2, 0.25) is 0 Å². The number of carbonyl (C=O) groups is 1. The molecule has 1 aromatic rings. The molecule has 1 aromatic carbocycles. The van der Waals surface area contributed by atoms with Gasteiger partial charge in [0.15, 0.2) is 12.1 Å². The maximum atomic E-state index is 12.1. The van der Waals surface area contributed by atoms with Crippen molar-refractivity contribution in [2.45, 2.75) is 44.2 Å². The first-order chi connectivity index (χ1) is 10.4. The van der Waals surface area contributed by atoms with E-state index in [-0.39, 0.29) is 6.61 Å². The summed E-state index contributed by atoms with van der Waals surface area (Å²) in [7, 11) is 0. The van der Waals surface area contributed by atoms with Crippen molar-refractivity contribution in [3.63, 3.8) is 0 Å². The van der Waals surface area contributed by atoms with Crippen molar-refractivity contribution in [1.82, 2.24) is 0 Å². The van der Waals surface area contributed by atoms with Crippen LogP contribution in [0.15, 0.2) is 24.3 Å². The largest absolute Gasteiger partial charge is 0.459 e. The fourth-order valence-electron chi connectivity index (χ4n) is 2.56. The van der Waals surface area contributed by atoms with E-state index in [9.17, 15) is 9.90 Å². The molecule has 1 N–H and O–H groups in total. The van der Waals surface area contributed by atoms with E-state index in [1.165, 1.54) is 0 Å². The second kappa shape index (κ2) is 6.04. The lowest BCUT2D eigenvalue weighted by Gasteiger charge is -2.22. The van der Waals surface area contributed by atoms with E-state index in [2.05, 4.69) is 22.6 Å². The van der Waals surface area contributed by atoms with Gasteiger partial charge in [0, 0.05) is 3.57 Å². The first kappa shape index (κ1) is 16.1. The van der Waals surface area contributed by atoms with Crippen molar-refractivity contribution in [2.75, 3.05) is 6.61 Å². The van der Waals surface area contributed by atoms with Gasteiger partial charge in [-0.25, -0.2) is 4.79 Å². The van der Waals surface area contributed by atoms with Gasteiger partial charge in [-0.2, -0.15) is 0 Å². The predicted octanol–water partition coefficient (Wildman–Crippen LogP) is 1.69. The number of ether oxygens (including phenoxy) is 4. The number of rotatable bonds is 3. The lowest BCUT2D eigenvalue weighted by molar-refractivity contribution is -0.218. The van der Waals surface area contributed by atoms with Crippen LogP contribution in [0, 0.1) is 3.57 Å². The average molecular weight is 420 g/mol. The topological polar surface area (TPSA) is 74.2 Å².